The van der Waals surface area contributed by atoms with Gasteiger partial charge in [0.05, 0.1) is 16.5 Å². The molecule has 6 nitrogen and oxygen atoms in total. The fourth-order valence-electron chi connectivity index (χ4n) is 4.37. The molecule has 1 unspecified atom stereocenters. The van der Waals surface area contributed by atoms with Gasteiger partial charge in [0.15, 0.2) is 0 Å². The van der Waals surface area contributed by atoms with Crippen LogP contribution in [-0.4, -0.2) is 31.7 Å². The van der Waals surface area contributed by atoms with Crippen molar-refractivity contribution in [3.05, 3.63) is 65.2 Å². The van der Waals surface area contributed by atoms with Crippen molar-refractivity contribution in [3.63, 3.8) is 0 Å². The number of hydrogen-bond acceptors (Lipinski definition) is 4. The largest absolute Gasteiger partial charge is 0.349 e. The van der Waals surface area contributed by atoms with Crippen LogP contribution in [0.3, 0.4) is 0 Å². The molecule has 1 N–H and O–H groups in total. The van der Waals surface area contributed by atoms with Crippen molar-refractivity contribution in [2.75, 3.05) is 13.1 Å². The van der Waals surface area contributed by atoms with E-state index in [0.717, 1.165) is 18.4 Å². The highest BCUT2D eigenvalue weighted by Gasteiger charge is 2.34. The van der Waals surface area contributed by atoms with Crippen LogP contribution < -0.4 is 5.32 Å². The number of nitriles is 1. The number of sulfonamides is 1. The second kappa shape index (κ2) is 11.0. The van der Waals surface area contributed by atoms with Crippen LogP contribution in [0.15, 0.2) is 53.4 Å². The van der Waals surface area contributed by atoms with Gasteiger partial charge in [-0.25, -0.2) is 8.42 Å². The molecule has 0 radical (unpaired) electrons. The number of aryl methyl sites for hydroxylation is 1. The fourth-order valence-corrected chi connectivity index (χ4v) is 5.98. The quantitative estimate of drug-likeness (QED) is 0.622. The maximum absolute atomic E-state index is 13.1. The zero-order valence-corrected chi connectivity index (χ0v) is 20.4. The van der Waals surface area contributed by atoms with Crippen LogP contribution in [0.1, 0.15) is 62.8 Å². The number of nitrogens with zero attached hydrogens (tertiary/aromatic N) is 2. The Kier molecular flexibility index (Phi) is 8.28. The van der Waals surface area contributed by atoms with Crippen molar-refractivity contribution in [1.82, 2.24) is 9.62 Å². The number of amides is 1. The van der Waals surface area contributed by atoms with Gasteiger partial charge in [0.25, 0.3) is 0 Å². The molecule has 1 amide bonds. The van der Waals surface area contributed by atoms with Crippen molar-refractivity contribution in [3.8, 4) is 6.07 Å². The summed E-state index contributed by atoms with van der Waals surface area (Å²) >= 11 is 0. The number of rotatable bonds is 8. The summed E-state index contributed by atoms with van der Waals surface area (Å²) in [7, 11) is -3.76. The second-order valence-electron chi connectivity index (χ2n) is 9.01. The van der Waals surface area contributed by atoms with Crippen LogP contribution in [0.5, 0.6) is 0 Å². The molecule has 1 atom stereocenters. The molecule has 1 heterocycles. The molecule has 0 saturated carbocycles. The SMILES string of the molecule is CCCc1ccc(C(NC(=O)C2CCN(S(=O)(=O)c3ccccc3C#N)CC2)C(C)C)cc1. The van der Waals surface area contributed by atoms with Gasteiger partial charge in [-0.1, -0.05) is 63.6 Å². The summed E-state index contributed by atoms with van der Waals surface area (Å²) in [5.41, 5.74) is 2.52. The maximum Gasteiger partial charge on any atom is 0.244 e. The minimum Gasteiger partial charge on any atom is -0.349 e. The first-order valence-electron chi connectivity index (χ1n) is 11.7. The van der Waals surface area contributed by atoms with Crippen LogP contribution in [0.25, 0.3) is 0 Å². The van der Waals surface area contributed by atoms with Crippen molar-refractivity contribution in [2.24, 2.45) is 11.8 Å². The van der Waals surface area contributed by atoms with Crippen LogP contribution in [-0.2, 0) is 21.2 Å². The van der Waals surface area contributed by atoms with Gasteiger partial charge in [-0.2, -0.15) is 9.57 Å². The van der Waals surface area contributed by atoms with Crippen LogP contribution >= 0.6 is 0 Å². The molecule has 1 fully saturated rings. The number of carbonyl (C=O) groups excluding carboxylic acids is 1. The lowest BCUT2D eigenvalue weighted by atomic mass is 9.92. The van der Waals surface area contributed by atoms with Crippen molar-refractivity contribution >= 4 is 15.9 Å². The molecular formula is C26H33N3O3S. The Hall–Kier alpha value is -2.69. The summed E-state index contributed by atoms with van der Waals surface area (Å²) in [5, 5.41) is 12.5. The Morgan fingerprint density at radius 1 is 1.12 bits per heavy atom. The molecule has 7 heteroatoms. The molecule has 0 aliphatic carbocycles. The summed E-state index contributed by atoms with van der Waals surface area (Å²) in [6.07, 6.45) is 3.06. The lowest BCUT2D eigenvalue weighted by molar-refractivity contribution is -0.127. The molecule has 3 rings (SSSR count). The highest BCUT2D eigenvalue weighted by Crippen LogP contribution is 2.28. The van der Waals surface area contributed by atoms with Gasteiger partial charge >= 0.3 is 0 Å². The lowest BCUT2D eigenvalue weighted by Gasteiger charge is -2.32. The number of carbonyl (C=O) groups is 1. The van der Waals surface area contributed by atoms with Crippen LogP contribution in [0, 0.1) is 23.2 Å². The van der Waals surface area contributed by atoms with E-state index >= 15 is 0 Å². The van der Waals surface area contributed by atoms with Gasteiger partial charge in [-0.15, -0.1) is 0 Å². The van der Waals surface area contributed by atoms with E-state index in [1.54, 1.807) is 12.1 Å². The summed E-state index contributed by atoms with van der Waals surface area (Å²) in [6, 6.07) is 16.6. The molecule has 1 aliphatic rings. The third-order valence-corrected chi connectivity index (χ3v) is 8.25. The number of piperidine rings is 1. The van der Waals surface area contributed by atoms with Gasteiger partial charge in [-0.05, 0) is 48.4 Å². The zero-order chi connectivity index (χ0) is 24.0. The van der Waals surface area contributed by atoms with Gasteiger partial charge in [0, 0.05) is 19.0 Å². The Morgan fingerprint density at radius 3 is 2.33 bits per heavy atom. The monoisotopic (exact) mass is 467 g/mol. The minimum absolute atomic E-state index is 0.0270. The molecule has 0 aromatic heterocycles. The van der Waals surface area contributed by atoms with Crippen molar-refractivity contribution in [1.29, 1.82) is 5.26 Å². The third kappa shape index (κ3) is 5.82. The first-order chi connectivity index (χ1) is 15.8. The van der Waals surface area contributed by atoms with Gasteiger partial charge in [-0.3, -0.25) is 4.79 Å². The molecule has 0 spiro atoms. The van der Waals surface area contributed by atoms with E-state index in [4.69, 9.17) is 0 Å². The minimum atomic E-state index is -3.76. The average Bonchev–Trinajstić information content (AvgIpc) is 2.83. The highest BCUT2D eigenvalue weighted by atomic mass is 32.2. The molecule has 1 saturated heterocycles. The highest BCUT2D eigenvalue weighted by molar-refractivity contribution is 7.89. The fraction of sp³-hybridized carbons (Fsp3) is 0.462. The average molecular weight is 468 g/mol. The molecule has 1 aliphatic heterocycles. The smallest absolute Gasteiger partial charge is 0.244 e. The Morgan fingerprint density at radius 2 is 1.76 bits per heavy atom. The van der Waals surface area contributed by atoms with Crippen molar-refractivity contribution in [2.45, 2.75) is 57.4 Å². The molecule has 2 aromatic rings. The Labute approximate surface area is 197 Å². The van der Waals surface area contributed by atoms with Crippen LogP contribution in [0.4, 0.5) is 0 Å². The van der Waals surface area contributed by atoms with E-state index in [9.17, 15) is 18.5 Å². The maximum atomic E-state index is 13.1. The molecule has 0 bridgehead atoms. The van der Waals surface area contributed by atoms with Gasteiger partial charge < -0.3 is 5.32 Å². The summed E-state index contributed by atoms with van der Waals surface area (Å²) in [5.74, 6) is -0.0296. The van der Waals surface area contributed by atoms with E-state index in [2.05, 4.69) is 50.4 Å². The second-order valence-corrected chi connectivity index (χ2v) is 10.9. The van der Waals surface area contributed by atoms with Crippen molar-refractivity contribution < 1.29 is 13.2 Å². The van der Waals surface area contributed by atoms with E-state index in [1.807, 2.05) is 6.07 Å². The summed E-state index contributed by atoms with van der Waals surface area (Å²) < 4.78 is 27.5. The molecule has 33 heavy (non-hydrogen) atoms. The molecule has 176 valence electrons. The zero-order valence-electron chi connectivity index (χ0n) is 19.6. The first-order valence-corrected chi connectivity index (χ1v) is 13.1. The third-order valence-electron chi connectivity index (χ3n) is 6.29. The van der Waals surface area contributed by atoms with E-state index in [0.29, 0.717) is 12.8 Å². The number of hydrogen-bond donors (Lipinski definition) is 1. The summed E-state index contributed by atoms with van der Waals surface area (Å²) in [4.78, 5) is 13.1. The van der Waals surface area contributed by atoms with E-state index in [-0.39, 0.29) is 47.3 Å². The lowest BCUT2D eigenvalue weighted by Crippen LogP contribution is -2.44. The normalized spacial score (nSPS) is 16.3. The molecular weight excluding hydrogens is 434 g/mol. The van der Waals surface area contributed by atoms with Gasteiger partial charge in [0.1, 0.15) is 6.07 Å². The molecule has 2 aromatic carbocycles. The number of nitrogens with one attached hydrogen (secondary N) is 1. The predicted molar refractivity (Wildman–Crippen MR) is 129 cm³/mol. The van der Waals surface area contributed by atoms with E-state index < -0.39 is 10.0 Å². The van der Waals surface area contributed by atoms with Crippen LogP contribution in [0.2, 0.25) is 0 Å². The predicted octanol–water partition coefficient (Wildman–Crippen LogP) is 4.42. The Balaban J connectivity index is 1.65. The van der Waals surface area contributed by atoms with Gasteiger partial charge in [0.2, 0.25) is 15.9 Å². The standard InChI is InChI=1S/C26H33N3O3S/c1-4-7-20-10-12-21(13-11-20)25(19(2)3)28-26(30)22-14-16-29(17-15-22)33(31,32)24-9-6-5-8-23(24)18-27/h5-6,8-13,19,22,25H,4,7,14-17H2,1-3H3,(H,28,30). The van der Waals surface area contributed by atoms with E-state index in [1.165, 1.54) is 22.0 Å². The number of benzene rings is 2. The topological polar surface area (TPSA) is 90.3 Å². The Bertz CT molecular complexity index is 1100. The first kappa shape index (κ1) is 24.9. The summed E-state index contributed by atoms with van der Waals surface area (Å²) in [6.45, 7) is 6.86.